The van der Waals surface area contributed by atoms with Crippen LogP contribution in [0.15, 0.2) is 41.4 Å². The first-order valence-electron chi connectivity index (χ1n) is 10.8. The van der Waals surface area contributed by atoms with Gasteiger partial charge in [-0.3, -0.25) is 9.59 Å². The molecule has 0 radical (unpaired) electrons. The molecular formula is C24H26N4O2S. The number of aryl methyl sites for hydroxylation is 2. The maximum absolute atomic E-state index is 12.7. The molecule has 1 fully saturated rings. The molecule has 0 bridgehead atoms. The summed E-state index contributed by atoms with van der Waals surface area (Å²) < 4.78 is 0. The van der Waals surface area contributed by atoms with Crippen LogP contribution in [0, 0.1) is 17.2 Å². The van der Waals surface area contributed by atoms with Gasteiger partial charge in [-0.25, -0.2) is 4.98 Å². The van der Waals surface area contributed by atoms with Gasteiger partial charge in [-0.2, -0.15) is 5.26 Å². The number of thioether (sulfide) groups is 1. The summed E-state index contributed by atoms with van der Waals surface area (Å²) in [7, 11) is 0. The fourth-order valence-corrected chi connectivity index (χ4v) is 5.06. The number of piperidine rings is 1. The molecule has 31 heavy (non-hydrogen) atoms. The van der Waals surface area contributed by atoms with Crippen LogP contribution < -0.4 is 5.32 Å². The number of amides is 2. The minimum absolute atomic E-state index is 0.0181. The van der Waals surface area contributed by atoms with Gasteiger partial charge in [-0.15, -0.1) is 0 Å². The van der Waals surface area contributed by atoms with Crippen molar-refractivity contribution in [2.45, 2.75) is 43.6 Å². The van der Waals surface area contributed by atoms with Crippen LogP contribution in [0.4, 0.5) is 5.69 Å². The zero-order valence-corrected chi connectivity index (χ0v) is 18.3. The lowest BCUT2D eigenvalue weighted by atomic mass is 9.95. The molecule has 7 heteroatoms. The molecular weight excluding hydrogens is 408 g/mol. The summed E-state index contributed by atoms with van der Waals surface area (Å²) in [5.41, 5.74) is 3.61. The number of benzene rings is 1. The van der Waals surface area contributed by atoms with E-state index < -0.39 is 0 Å². The van der Waals surface area contributed by atoms with E-state index in [0.717, 1.165) is 37.1 Å². The number of nitrogens with one attached hydrogen (secondary N) is 1. The Morgan fingerprint density at radius 3 is 2.65 bits per heavy atom. The van der Waals surface area contributed by atoms with Gasteiger partial charge in [0.2, 0.25) is 11.8 Å². The lowest BCUT2D eigenvalue weighted by Gasteiger charge is -2.31. The van der Waals surface area contributed by atoms with Crippen LogP contribution in [-0.2, 0) is 22.4 Å². The zero-order valence-electron chi connectivity index (χ0n) is 17.5. The van der Waals surface area contributed by atoms with E-state index in [0.29, 0.717) is 36.5 Å². The number of nitrogens with zero attached hydrogens (tertiary/aromatic N) is 3. The highest BCUT2D eigenvalue weighted by atomic mass is 32.2. The second-order valence-electron chi connectivity index (χ2n) is 8.06. The van der Waals surface area contributed by atoms with Gasteiger partial charge in [-0.05, 0) is 62.3 Å². The summed E-state index contributed by atoms with van der Waals surface area (Å²) >= 11 is 1.35. The van der Waals surface area contributed by atoms with Crippen LogP contribution >= 0.6 is 11.8 Å². The van der Waals surface area contributed by atoms with Crippen molar-refractivity contribution in [2.24, 2.45) is 5.92 Å². The molecule has 160 valence electrons. The Kier molecular flexibility index (Phi) is 6.88. The predicted octanol–water partition coefficient (Wildman–Crippen LogP) is 3.80. The van der Waals surface area contributed by atoms with Gasteiger partial charge in [0.05, 0.1) is 11.3 Å². The molecule has 4 rings (SSSR count). The third kappa shape index (κ3) is 5.26. The third-order valence-electron chi connectivity index (χ3n) is 5.98. The molecule has 2 aromatic rings. The van der Waals surface area contributed by atoms with Crippen molar-refractivity contribution in [3.05, 3.63) is 53.2 Å². The first kappa shape index (κ1) is 21.4. The Balaban J connectivity index is 1.29. The van der Waals surface area contributed by atoms with Crippen LogP contribution in [0.5, 0.6) is 0 Å². The SMILES string of the molecule is N#Cc1cc2c(nc1SCC(=O)N1CCC(C(=O)Nc3ccccc3)CC1)CCCC2. The molecule has 2 heterocycles. The van der Waals surface area contributed by atoms with Crippen molar-refractivity contribution in [3.63, 3.8) is 0 Å². The van der Waals surface area contributed by atoms with Crippen LogP contribution in [0.3, 0.4) is 0 Å². The standard InChI is InChI=1S/C24H26N4O2S/c25-15-19-14-18-6-4-5-9-21(18)27-24(19)31-16-22(29)28-12-10-17(11-13-28)23(30)26-20-7-2-1-3-8-20/h1-3,7-8,14,17H,4-6,9-13,16H2,(H,26,30). The van der Waals surface area contributed by atoms with Gasteiger partial charge in [-0.1, -0.05) is 30.0 Å². The highest BCUT2D eigenvalue weighted by Gasteiger charge is 2.27. The molecule has 0 atom stereocenters. The molecule has 0 unspecified atom stereocenters. The Labute approximate surface area is 187 Å². The average molecular weight is 435 g/mol. The predicted molar refractivity (Wildman–Crippen MR) is 121 cm³/mol. The monoisotopic (exact) mass is 434 g/mol. The van der Waals surface area contributed by atoms with Gasteiger partial charge in [0, 0.05) is 30.4 Å². The molecule has 1 aliphatic heterocycles. The summed E-state index contributed by atoms with van der Waals surface area (Å²) in [6.45, 7) is 1.16. The van der Waals surface area contributed by atoms with Crippen molar-refractivity contribution < 1.29 is 9.59 Å². The van der Waals surface area contributed by atoms with Gasteiger partial charge < -0.3 is 10.2 Å². The molecule has 6 nitrogen and oxygen atoms in total. The molecule has 1 saturated heterocycles. The molecule has 2 amide bonds. The quantitative estimate of drug-likeness (QED) is 0.724. The number of pyridine rings is 1. The van der Waals surface area contributed by atoms with Gasteiger partial charge in [0.15, 0.2) is 0 Å². The number of rotatable bonds is 5. The Bertz CT molecular complexity index is 995. The number of likely N-dealkylation sites (tertiary alicyclic amines) is 1. The minimum atomic E-state index is -0.0792. The molecule has 1 aliphatic carbocycles. The zero-order chi connectivity index (χ0) is 21.6. The lowest BCUT2D eigenvalue weighted by Crippen LogP contribution is -2.42. The minimum Gasteiger partial charge on any atom is -0.342 e. The van der Waals surface area contributed by atoms with Crippen LogP contribution in [-0.4, -0.2) is 40.5 Å². The van der Waals surface area contributed by atoms with Crippen molar-refractivity contribution in [1.82, 2.24) is 9.88 Å². The number of nitriles is 1. The van der Waals surface area contributed by atoms with E-state index >= 15 is 0 Å². The number of hydrogen-bond donors (Lipinski definition) is 1. The maximum atomic E-state index is 12.7. The van der Waals surface area contributed by atoms with Gasteiger partial charge in [0.25, 0.3) is 0 Å². The molecule has 1 aromatic carbocycles. The van der Waals surface area contributed by atoms with Gasteiger partial charge >= 0.3 is 0 Å². The van der Waals surface area contributed by atoms with Crippen molar-refractivity contribution >= 4 is 29.3 Å². The third-order valence-corrected chi connectivity index (χ3v) is 6.95. The number of para-hydroxylation sites is 1. The topological polar surface area (TPSA) is 86.1 Å². The van der Waals surface area contributed by atoms with Crippen LogP contribution in [0.2, 0.25) is 0 Å². The first-order chi connectivity index (χ1) is 15.1. The number of anilines is 1. The van der Waals surface area contributed by atoms with Crippen molar-refractivity contribution in [1.29, 1.82) is 5.26 Å². The fraction of sp³-hybridized carbons (Fsp3) is 0.417. The van der Waals surface area contributed by atoms with E-state index in [1.807, 2.05) is 41.3 Å². The maximum Gasteiger partial charge on any atom is 0.232 e. The van der Waals surface area contributed by atoms with E-state index in [1.54, 1.807) is 0 Å². The number of aromatic nitrogens is 1. The summed E-state index contributed by atoms with van der Waals surface area (Å²) in [6.07, 6.45) is 5.52. The summed E-state index contributed by atoms with van der Waals surface area (Å²) in [5, 5.41) is 13.1. The molecule has 0 spiro atoms. The number of carbonyl (C=O) groups is 2. The highest BCUT2D eigenvalue weighted by Crippen LogP contribution is 2.28. The van der Waals surface area contributed by atoms with E-state index in [-0.39, 0.29) is 23.5 Å². The summed E-state index contributed by atoms with van der Waals surface area (Å²) in [6, 6.07) is 13.6. The van der Waals surface area contributed by atoms with Crippen LogP contribution in [0.1, 0.15) is 42.5 Å². The van der Waals surface area contributed by atoms with Crippen molar-refractivity contribution in [2.75, 3.05) is 24.2 Å². The van der Waals surface area contributed by atoms with Crippen LogP contribution in [0.25, 0.3) is 0 Å². The molecule has 1 N–H and O–H groups in total. The van der Waals surface area contributed by atoms with Gasteiger partial charge in [0.1, 0.15) is 11.1 Å². The fourth-order valence-electron chi connectivity index (χ4n) is 4.18. The smallest absolute Gasteiger partial charge is 0.232 e. The lowest BCUT2D eigenvalue weighted by molar-refractivity contribution is -0.132. The molecule has 1 aromatic heterocycles. The first-order valence-corrected chi connectivity index (χ1v) is 11.8. The van der Waals surface area contributed by atoms with E-state index in [9.17, 15) is 14.9 Å². The largest absolute Gasteiger partial charge is 0.342 e. The second-order valence-corrected chi connectivity index (χ2v) is 9.03. The normalized spacial score (nSPS) is 16.3. The molecule has 2 aliphatic rings. The Morgan fingerprint density at radius 1 is 1.16 bits per heavy atom. The summed E-state index contributed by atoms with van der Waals surface area (Å²) in [5.74, 6) is 0.241. The number of fused-ring (bicyclic) bond motifs is 1. The summed E-state index contributed by atoms with van der Waals surface area (Å²) in [4.78, 5) is 31.7. The molecule has 0 saturated carbocycles. The van der Waals surface area contributed by atoms with E-state index in [1.165, 1.54) is 17.3 Å². The number of hydrogen-bond acceptors (Lipinski definition) is 5. The Morgan fingerprint density at radius 2 is 1.90 bits per heavy atom. The Hall–Kier alpha value is -2.85. The second kappa shape index (κ2) is 9.97. The average Bonchev–Trinajstić information content (AvgIpc) is 2.82. The van der Waals surface area contributed by atoms with E-state index in [4.69, 9.17) is 4.98 Å². The number of carbonyl (C=O) groups excluding carboxylic acids is 2. The highest BCUT2D eigenvalue weighted by molar-refractivity contribution is 8.00. The van der Waals surface area contributed by atoms with Crippen molar-refractivity contribution in [3.8, 4) is 6.07 Å². The van der Waals surface area contributed by atoms with E-state index in [2.05, 4.69) is 11.4 Å².